The van der Waals surface area contributed by atoms with Gasteiger partial charge in [0, 0.05) is 29.6 Å². The van der Waals surface area contributed by atoms with Crippen molar-refractivity contribution in [1.82, 2.24) is 29.6 Å². The first-order valence-corrected chi connectivity index (χ1v) is 11.4. The van der Waals surface area contributed by atoms with Crippen LogP contribution in [0.25, 0.3) is 5.95 Å². The lowest BCUT2D eigenvalue weighted by atomic mass is 9.96. The molecular weight excluding hydrogens is 432 g/mol. The average Bonchev–Trinajstić information content (AvgIpc) is 3.13. The highest BCUT2D eigenvalue weighted by molar-refractivity contribution is 5.92. The fourth-order valence-electron chi connectivity index (χ4n) is 4.11. The second-order valence-electron chi connectivity index (χ2n) is 8.84. The molecule has 2 amide bonds. The molecule has 1 saturated heterocycles. The number of pyridine rings is 1. The summed E-state index contributed by atoms with van der Waals surface area (Å²) in [5, 5.41) is 10.3. The molecule has 2 N–H and O–H groups in total. The van der Waals surface area contributed by atoms with E-state index in [1.807, 2.05) is 45.9 Å². The SMILES string of the molecule is Cc1ccnc(NC(=O)C2CCN(CC(=O)Nc3cc(C)nn3-c3nc(C)cc(C)n3)CC2)c1. The van der Waals surface area contributed by atoms with Crippen LogP contribution in [0.15, 0.2) is 30.5 Å². The molecular formula is C24H30N8O2. The third kappa shape index (κ3) is 5.82. The first-order chi connectivity index (χ1) is 16.3. The van der Waals surface area contributed by atoms with E-state index in [0.29, 0.717) is 43.5 Å². The Morgan fingerprint density at radius 3 is 2.35 bits per heavy atom. The fourth-order valence-corrected chi connectivity index (χ4v) is 4.11. The van der Waals surface area contributed by atoms with Crippen molar-refractivity contribution in [2.24, 2.45) is 5.92 Å². The minimum Gasteiger partial charge on any atom is -0.310 e. The van der Waals surface area contributed by atoms with E-state index in [1.165, 1.54) is 0 Å². The van der Waals surface area contributed by atoms with Crippen LogP contribution in [0.1, 0.15) is 35.5 Å². The molecule has 3 aromatic heterocycles. The molecule has 0 bridgehead atoms. The third-order valence-corrected chi connectivity index (χ3v) is 5.75. The van der Waals surface area contributed by atoms with E-state index >= 15 is 0 Å². The summed E-state index contributed by atoms with van der Waals surface area (Å²) in [5.74, 6) is 1.29. The molecule has 0 aliphatic carbocycles. The number of rotatable bonds is 6. The van der Waals surface area contributed by atoms with Crippen LogP contribution in [0, 0.1) is 33.6 Å². The minimum absolute atomic E-state index is 0.0185. The largest absolute Gasteiger partial charge is 0.310 e. The zero-order valence-corrected chi connectivity index (χ0v) is 20.0. The Kier molecular flexibility index (Phi) is 6.97. The summed E-state index contributed by atoms with van der Waals surface area (Å²) in [4.78, 5) is 40.5. The van der Waals surface area contributed by atoms with Crippen LogP contribution in [0.2, 0.25) is 0 Å². The predicted molar refractivity (Wildman–Crippen MR) is 129 cm³/mol. The first kappa shape index (κ1) is 23.5. The fraction of sp³-hybridized carbons (Fsp3) is 0.417. The number of nitrogens with zero attached hydrogens (tertiary/aromatic N) is 6. The van der Waals surface area contributed by atoms with Crippen LogP contribution < -0.4 is 10.6 Å². The van der Waals surface area contributed by atoms with E-state index < -0.39 is 0 Å². The number of likely N-dealkylation sites (tertiary alicyclic amines) is 1. The van der Waals surface area contributed by atoms with Gasteiger partial charge in [0.2, 0.25) is 11.8 Å². The van der Waals surface area contributed by atoms with Gasteiger partial charge < -0.3 is 10.6 Å². The summed E-state index contributed by atoms with van der Waals surface area (Å²) in [6.45, 7) is 9.20. The van der Waals surface area contributed by atoms with Gasteiger partial charge in [0.1, 0.15) is 11.6 Å². The summed E-state index contributed by atoms with van der Waals surface area (Å²) in [7, 11) is 0. The number of aromatic nitrogens is 5. The predicted octanol–water partition coefficient (Wildman–Crippen LogP) is 2.58. The topological polar surface area (TPSA) is 118 Å². The summed E-state index contributed by atoms with van der Waals surface area (Å²) in [6, 6.07) is 7.43. The summed E-state index contributed by atoms with van der Waals surface area (Å²) in [6.07, 6.45) is 3.07. The molecule has 1 aliphatic rings. The number of aryl methyl sites for hydroxylation is 4. The molecule has 1 aliphatic heterocycles. The van der Waals surface area contributed by atoms with E-state index in [1.54, 1.807) is 16.9 Å². The minimum atomic E-state index is -0.141. The highest BCUT2D eigenvalue weighted by atomic mass is 16.2. The molecule has 0 spiro atoms. The maximum absolute atomic E-state index is 12.8. The van der Waals surface area contributed by atoms with Crippen LogP contribution in [0.3, 0.4) is 0 Å². The molecule has 1 fully saturated rings. The molecule has 10 heteroatoms. The first-order valence-electron chi connectivity index (χ1n) is 11.4. The Bertz CT molecular complexity index is 1180. The zero-order chi connectivity index (χ0) is 24.2. The molecule has 0 unspecified atom stereocenters. The molecule has 0 aromatic carbocycles. The van der Waals surface area contributed by atoms with Crippen molar-refractivity contribution in [2.45, 2.75) is 40.5 Å². The standard InChI is InChI=1S/C24H30N8O2/c1-15-5-8-25-20(11-15)28-23(34)19-6-9-31(10-7-19)14-22(33)29-21-13-18(4)30-32(21)24-26-16(2)12-17(3)27-24/h5,8,11-13,19H,6-7,9-10,14H2,1-4H3,(H,29,33)(H,25,28,34). The smallest absolute Gasteiger partial charge is 0.252 e. The van der Waals surface area contributed by atoms with Gasteiger partial charge in [-0.1, -0.05) is 0 Å². The highest BCUT2D eigenvalue weighted by Gasteiger charge is 2.26. The van der Waals surface area contributed by atoms with Crippen molar-refractivity contribution >= 4 is 23.5 Å². The molecule has 0 saturated carbocycles. The van der Waals surface area contributed by atoms with Gasteiger partial charge in [-0.3, -0.25) is 14.5 Å². The van der Waals surface area contributed by atoms with Crippen molar-refractivity contribution < 1.29 is 9.59 Å². The number of anilines is 2. The Morgan fingerprint density at radius 2 is 1.68 bits per heavy atom. The van der Waals surface area contributed by atoms with Gasteiger partial charge in [-0.05, 0) is 77.4 Å². The van der Waals surface area contributed by atoms with Crippen molar-refractivity contribution in [3.8, 4) is 5.95 Å². The van der Waals surface area contributed by atoms with E-state index in [0.717, 1.165) is 22.6 Å². The number of hydrogen-bond donors (Lipinski definition) is 2. The summed E-state index contributed by atoms with van der Waals surface area (Å²) < 4.78 is 1.56. The van der Waals surface area contributed by atoms with Crippen molar-refractivity contribution in [2.75, 3.05) is 30.3 Å². The monoisotopic (exact) mass is 462 g/mol. The normalized spacial score (nSPS) is 14.7. The van der Waals surface area contributed by atoms with Crippen molar-refractivity contribution in [1.29, 1.82) is 0 Å². The quantitative estimate of drug-likeness (QED) is 0.578. The number of amides is 2. The van der Waals surface area contributed by atoms with Gasteiger partial charge in [-0.25, -0.2) is 15.0 Å². The lowest BCUT2D eigenvalue weighted by Gasteiger charge is -2.30. The molecule has 0 atom stereocenters. The number of piperidine rings is 1. The second-order valence-corrected chi connectivity index (χ2v) is 8.84. The van der Waals surface area contributed by atoms with E-state index in [2.05, 4.69) is 35.6 Å². The van der Waals surface area contributed by atoms with Crippen LogP contribution in [-0.4, -0.2) is 61.1 Å². The maximum Gasteiger partial charge on any atom is 0.252 e. The summed E-state index contributed by atoms with van der Waals surface area (Å²) >= 11 is 0. The van der Waals surface area contributed by atoms with Crippen LogP contribution in [0.4, 0.5) is 11.6 Å². The number of nitrogens with one attached hydrogen (secondary N) is 2. The van der Waals surface area contributed by atoms with Crippen molar-refractivity contribution in [3.63, 3.8) is 0 Å². The Labute approximate surface area is 198 Å². The molecule has 4 heterocycles. The van der Waals surface area contributed by atoms with Gasteiger partial charge in [0.15, 0.2) is 0 Å². The van der Waals surface area contributed by atoms with Gasteiger partial charge in [0.25, 0.3) is 5.95 Å². The van der Waals surface area contributed by atoms with Crippen LogP contribution >= 0.6 is 0 Å². The summed E-state index contributed by atoms with van der Waals surface area (Å²) in [5.41, 5.74) is 3.47. The lowest BCUT2D eigenvalue weighted by Crippen LogP contribution is -2.42. The Balaban J connectivity index is 1.31. The maximum atomic E-state index is 12.8. The van der Waals surface area contributed by atoms with Gasteiger partial charge >= 0.3 is 0 Å². The van der Waals surface area contributed by atoms with Gasteiger partial charge in [-0.2, -0.15) is 9.78 Å². The molecule has 3 aromatic rings. The van der Waals surface area contributed by atoms with E-state index in [-0.39, 0.29) is 24.3 Å². The Hall–Kier alpha value is -3.66. The molecule has 10 nitrogen and oxygen atoms in total. The number of carbonyl (C=O) groups excluding carboxylic acids is 2. The lowest BCUT2D eigenvalue weighted by molar-refractivity contribution is -0.121. The molecule has 4 rings (SSSR count). The Morgan fingerprint density at radius 1 is 0.971 bits per heavy atom. The second kappa shape index (κ2) is 10.1. The molecule has 178 valence electrons. The average molecular weight is 463 g/mol. The van der Waals surface area contributed by atoms with Gasteiger partial charge in [-0.15, -0.1) is 0 Å². The number of hydrogen-bond acceptors (Lipinski definition) is 7. The zero-order valence-electron chi connectivity index (χ0n) is 20.0. The highest BCUT2D eigenvalue weighted by Crippen LogP contribution is 2.20. The van der Waals surface area contributed by atoms with Crippen LogP contribution in [0.5, 0.6) is 0 Å². The van der Waals surface area contributed by atoms with E-state index in [9.17, 15) is 9.59 Å². The van der Waals surface area contributed by atoms with Crippen LogP contribution in [-0.2, 0) is 9.59 Å². The van der Waals surface area contributed by atoms with E-state index in [4.69, 9.17) is 0 Å². The van der Waals surface area contributed by atoms with Crippen molar-refractivity contribution in [3.05, 3.63) is 53.1 Å². The third-order valence-electron chi connectivity index (χ3n) is 5.75. The molecule has 34 heavy (non-hydrogen) atoms. The molecule has 0 radical (unpaired) electrons. The number of carbonyl (C=O) groups is 2. The van der Waals surface area contributed by atoms with Gasteiger partial charge in [0.05, 0.1) is 12.2 Å².